The van der Waals surface area contributed by atoms with Gasteiger partial charge in [0.05, 0.1) is 16.8 Å². The van der Waals surface area contributed by atoms with Crippen LogP contribution in [0.2, 0.25) is 0 Å². The maximum Gasteiger partial charge on any atom is 0.417 e. The van der Waals surface area contributed by atoms with E-state index in [1.807, 2.05) is 0 Å². The van der Waals surface area contributed by atoms with Crippen LogP contribution in [0.3, 0.4) is 0 Å². The van der Waals surface area contributed by atoms with Crippen LogP contribution in [0.1, 0.15) is 37.7 Å². The average molecular weight is 377 g/mol. The smallest absolute Gasteiger partial charge is 0.417 e. The van der Waals surface area contributed by atoms with E-state index in [4.69, 9.17) is 5.11 Å². The summed E-state index contributed by atoms with van der Waals surface area (Å²) in [6, 6.07) is 6.28. The van der Waals surface area contributed by atoms with Gasteiger partial charge in [0.25, 0.3) is 5.91 Å². The van der Waals surface area contributed by atoms with Crippen molar-refractivity contribution in [1.82, 2.24) is 9.38 Å². The number of benzene rings is 1. The van der Waals surface area contributed by atoms with Crippen molar-refractivity contribution < 1.29 is 27.9 Å². The number of hydrogen-bond donors (Lipinski definition) is 2. The zero-order chi connectivity index (χ0) is 19.9. The number of carboxylic acid groups (broad SMARTS) is 1. The van der Waals surface area contributed by atoms with Crippen LogP contribution in [0.5, 0.6) is 0 Å². The van der Waals surface area contributed by atoms with Gasteiger partial charge in [-0.2, -0.15) is 13.2 Å². The van der Waals surface area contributed by atoms with Gasteiger partial charge < -0.3 is 10.4 Å². The molecular weight excluding hydrogens is 363 g/mol. The Labute approximate surface area is 151 Å². The first-order valence-electron chi connectivity index (χ1n) is 7.79. The minimum atomic E-state index is -4.56. The molecule has 0 bridgehead atoms. The van der Waals surface area contributed by atoms with E-state index in [1.165, 1.54) is 31.2 Å². The molecule has 0 radical (unpaired) electrons. The number of hydrogen-bond acceptors (Lipinski definition) is 3. The van der Waals surface area contributed by atoms with Gasteiger partial charge in [0.1, 0.15) is 11.3 Å². The van der Waals surface area contributed by atoms with Crippen LogP contribution in [0.25, 0.3) is 5.65 Å². The molecule has 3 aromatic rings. The lowest BCUT2D eigenvalue weighted by Gasteiger charge is -2.11. The number of nitrogens with zero attached hydrogens (tertiary/aromatic N) is 2. The van der Waals surface area contributed by atoms with Crippen molar-refractivity contribution in [3.8, 4) is 0 Å². The number of anilines is 1. The Bertz CT molecular complexity index is 1070. The van der Waals surface area contributed by atoms with Crippen LogP contribution in [0, 0.1) is 13.8 Å². The number of nitrogens with one attached hydrogen (secondary N) is 1. The van der Waals surface area contributed by atoms with E-state index in [1.54, 1.807) is 6.92 Å². The fourth-order valence-corrected chi connectivity index (χ4v) is 2.67. The van der Waals surface area contributed by atoms with Crippen LogP contribution < -0.4 is 5.32 Å². The molecule has 1 amide bonds. The summed E-state index contributed by atoms with van der Waals surface area (Å²) < 4.78 is 40.0. The first-order valence-corrected chi connectivity index (χ1v) is 7.79. The predicted molar refractivity (Wildman–Crippen MR) is 91.0 cm³/mol. The molecule has 0 aliphatic heterocycles. The highest BCUT2D eigenvalue weighted by atomic mass is 19.4. The van der Waals surface area contributed by atoms with Crippen molar-refractivity contribution in [3.05, 3.63) is 64.6 Å². The summed E-state index contributed by atoms with van der Waals surface area (Å²) in [6.07, 6.45) is -3.75. The van der Waals surface area contributed by atoms with Gasteiger partial charge in [0.2, 0.25) is 0 Å². The summed E-state index contributed by atoms with van der Waals surface area (Å²) in [5.74, 6) is -1.85. The van der Waals surface area contributed by atoms with E-state index in [9.17, 15) is 22.8 Å². The van der Waals surface area contributed by atoms with Crippen molar-refractivity contribution in [2.75, 3.05) is 5.32 Å². The summed E-state index contributed by atoms with van der Waals surface area (Å²) in [7, 11) is 0. The molecule has 3 rings (SSSR count). The van der Waals surface area contributed by atoms with E-state index in [2.05, 4.69) is 10.3 Å². The largest absolute Gasteiger partial charge is 0.478 e. The normalized spacial score (nSPS) is 11.6. The molecule has 0 saturated carbocycles. The van der Waals surface area contributed by atoms with Gasteiger partial charge in [-0.15, -0.1) is 0 Å². The maximum absolute atomic E-state index is 13.0. The van der Waals surface area contributed by atoms with E-state index in [-0.39, 0.29) is 28.3 Å². The highest BCUT2D eigenvalue weighted by Crippen LogP contribution is 2.30. The molecule has 0 spiro atoms. The van der Waals surface area contributed by atoms with Crippen LogP contribution >= 0.6 is 0 Å². The van der Waals surface area contributed by atoms with Gasteiger partial charge in [0, 0.05) is 11.9 Å². The number of aryl methyl sites for hydroxylation is 2. The minimum absolute atomic E-state index is 0.0230. The number of amides is 1. The molecule has 140 valence electrons. The number of pyridine rings is 1. The predicted octanol–water partition coefficient (Wildman–Crippen LogP) is 3.92. The summed E-state index contributed by atoms with van der Waals surface area (Å²) >= 11 is 0. The van der Waals surface area contributed by atoms with E-state index < -0.39 is 23.6 Å². The Morgan fingerprint density at radius 1 is 1.15 bits per heavy atom. The Kier molecular flexibility index (Phi) is 4.38. The molecule has 1 aromatic carbocycles. The Morgan fingerprint density at radius 3 is 2.48 bits per heavy atom. The van der Waals surface area contributed by atoms with Gasteiger partial charge >= 0.3 is 12.1 Å². The Morgan fingerprint density at radius 2 is 1.85 bits per heavy atom. The molecule has 0 unspecified atom stereocenters. The van der Waals surface area contributed by atoms with Crippen LogP contribution in [-0.4, -0.2) is 26.4 Å². The fraction of sp³-hybridized carbons (Fsp3) is 0.167. The molecule has 2 heterocycles. The second kappa shape index (κ2) is 6.42. The first kappa shape index (κ1) is 18.4. The lowest BCUT2D eigenvalue weighted by Crippen LogP contribution is -2.17. The lowest BCUT2D eigenvalue weighted by atomic mass is 10.1. The van der Waals surface area contributed by atoms with Gasteiger partial charge in [0.15, 0.2) is 0 Å². The minimum Gasteiger partial charge on any atom is -0.478 e. The van der Waals surface area contributed by atoms with E-state index in [0.717, 1.165) is 16.7 Å². The second-order valence-electron chi connectivity index (χ2n) is 5.98. The monoisotopic (exact) mass is 377 g/mol. The number of aromatic nitrogens is 2. The molecule has 27 heavy (non-hydrogen) atoms. The molecule has 9 heteroatoms. The maximum atomic E-state index is 13.0. The topological polar surface area (TPSA) is 83.7 Å². The SMILES string of the molecule is Cc1ccc(C(=O)O)cc1NC(=O)c1c(C)nc2ccc(C(F)(F)F)cn12. The van der Waals surface area contributed by atoms with Gasteiger partial charge in [-0.1, -0.05) is 6.07 Å². The van der Waals surface area contributed by atoms with Gasteiger partial charge in [-0.05, 0) is 43.7 Å². The number of imidazole rings is 1. The summed E-state index contributed by atoms with van der Waals surface area (Å²) in [4.78, 5) is 27.9. The van der Waals surface area contributed by atoms with Crippen LogP contribution in [-0.2, 0) is 6.18 Å². The van der Waals surface area contributed by atoms with Crippen molar-refractivity contribution in [3.63, 3.8) is 0 Å². The summed E-state index contributed by atoms with van der Waals surface area (Å²) in [6.45, 7) is 3.18. The number of halogens is 3. The third-order valence-corrected chi connectivity index (χ3v) is 4.07. The number of rotatable bonds is 3. The highest BCUT2D eigenvalue weighted by Gasteiger charge is 2.31. The molecule has 0 atom stereocenters. The Hall–Kier alpha value is -3.36. The standard InChI is InChI=1S/C18H14F3N3O3/c1-9-3-4-11(17(26)27)7-13(9)23-16(25)15-10(2)22-14-6-5-12(8-24(14)15)18(19,20)21/h3-8H,1-2H3,(H,23,25)(H,26,27). The summed E-state index contributed by atoms with van der Waals surface area (Å²) in [5.41, 5.74) is 0.310. The molecule has 2 aromatic heterocycles. The van der Waals surface area contributed by atoms with Gasteiger partial charge in [-0.3, -0.25) is 9.20 Å². The van der Waals surface area contributed by atoms with Crippen molar-refractivity contribution >= 4 is 23.2 Å². The molecule has 0 aliphatic rings. The molecule has 0 fully saturated rings. The number of alkyl halides is 3. The van der Waals surface area contributed by atoms with Crippen LogP contribution in [0.4, 0.5) is 18.9 Å². The Balaban J connectivity index is 2.05. The highest BCUT2D eigenvalue weighted by molar-refractivity contribution is 6.05. The number of carbonyl (C=O) groups is 2. The van der Waals surface area contributed by atoms with Crippen LogP contribution in [0.15, 0.2) is 36.5 Å². The molecule has 6 nitrogen and oxygen atoms in total. The molecular formula is C18H14F3N3O3. The number of carboxylic acids is 1. The molecule has 0 aliphatic carbocycles. The molecule has 2 N–H and O–H groups in total. The average Bonchev–Trinajstić information content (AvgIpc) is 2.90. The summed E-state index contributed by atoms with van der Waals surface area (Å²) in [5, 5.41) is 11.6. The quantitative estimate of drug-likeness (QED) is 0.725. The fourth-order valence-electron chi connectivity index (χ4n) is 2.67. The number of aromatic carboxylic acids is 1. The number of fused-ring (bicyclic) bond motifs is 1. The zero-order valence-electron chi connectivity index (χ0n) is 14.3. The van der Waals surface area contributed by atoms with Crippen molar-refractivity contribution in [2.45, 2.75) is 20.0 Å². The molecule has 0 saturated heterocycles. The second-order valence-corrected chi connectivity index (χ2v) is 5.98. The van der Waals surface area contributed by atoms with E-state index in [0.29, 0.717) is 5.56 Å². The van der Waals surface area contributed by atoms with Crippen molar-refractivity contribution in [1.29, 1.82) is 0 Å². The first-order chi connectivity index (χ1) is 12.6. The third-order valence-electron chi connectivity index (χ3n) is 4.07. The zero-order valence-corrected chi connectivity index (χ0v) is 14.3. The van der Waals surface area contributed by atoms with Crippen molar-refractivity contribution in [2.24, 2.45) is 0 Å². The third kappa shape index (κ3) is 3.48. The number of carbonyl (C=O) groups excluding carboxylic acids is 1. The van der Waals surface area contributed by atoms with E-state index >= 15 is 0 Å². The van der Waals surface area contributed by atoms with Gasteiger partial charge in [-0.25, -0.2) is 9.78 Å². The lowest BCUT2D eigenvalue weighted by molar-refractivity contribution is -0.137.